The molecule has 2 aromatic heterocycles. The molecule has 0 aliphatic carbocycles. The van der Waals surface area contributed by atoms with E-state index in [-0.39, 0.29) is 12.0 Å². The lowest BCUT2D eigenvalue weighted by molar-refractivity contribution is -0.132. The van der Waals surface area contributed by atoms with Gasteiger partial charge in [0.2, 0.25) is 11.9 Å². The Labute approximate surface area is 106 Å². The van der Waals surface area contributed by atoms with Crippen LogP contribution in [0.1, 0.15) is 0 Å². The third-order valence-electron chi connectivity index (χ3n) is 2.43. The molecule has 0 saturated carbocycles. The van der Waals surface area contributed by atoms with Gasteiger partial charge in [-0.05, 0) is 0 Å². The molecule has 3 rings (SSSR count). The number of thioether (sulfide) groups is 1. The summed E-state index contributed by atoms with van der Waals surface area (Å²) in [6.45, 7) is -0.0374. The number of aliphatic hydroxyl groups excluding tert-OH is 1. The SMILES string of the molecule is Nc1ncnc2c1ncn2O[C@H]1CSC(CO)O1. The molecule has 2 aromatic rings. The largest absolute Gasteiger partial charge is 0.393 e. The fraction of sp³-hybridized carbons (Fsp3) is 0.444. The van der Waals surface area contributed by atoms with E-state index in [1.807, 2.05) is 0 Å². The number of aliphatic hydroxyl groups is 1. The van der Waals surface area contributed by atoms with Gasteiger partial charge in [-0.15, -0.1) is 16.5 Å². The van der Waals surface area contributed by atoms with Gasteiger partial charge in [-0.25, -0.2) is 15.0 Å². The van der Waals surface area contributed by atoms with Crippen LogP contribution in [0, 0.1) is 0 Å². The maximum atomic E-state index is 8.96. The van der Waals surface area contributed by atoms with Crippen LogP contribution in [0.2, 0.25) is 0 Å². The van der Waals surface area contributed by atoms with Gasteiger partial charge in [0.15, 0.2) is 11.3 Å². The van der Waals surface area contributed by atoms with Crippen LogP contribution in [0.3, 0.4) is 0 Å². The number of fused-ring (bicyclic) bond motifs is 1. The summed E-state index contributed by atoms with van der Waals surface area (Å²) in [5, 5.41) is 8.96. The average molecular weight is 269 g/mol. The summed E-state index contributed by atoms with van der Waals surface area (Å²) < 4.78 is 6.83. The Hall–Kier alpha value is -1.58. The highest BCUT2D eigenvalue weighted by Gasteiger charge is 2.27. The minimum absolute atomic E-state index is 0.0374. The number of nitrogens with zero attached hydrogens (tertiary/aromatic N) is 4. The van der Waals surface area contributed by atoms with E-state index < -0.39 is 6.29 Å². The van der Waals surface area contributed by atoms with Crippen molar-refractivity contribution in [2.24, 2.45) is 0 Å². The molecule has 0 aromatic carbocycles. The molecule has 9 heteroatoms. The summed E-state index contributed by atoms with van der Waals surface area (Å²) in [4.78, 5) is 17.5. The summed E-state index contributed by atoms with van der Waals surface area (Å²) >= 11 is 1.49. The monoisotopic (exact) mass is 269 g/mol. The third kappa shape index (κ3) is 1.96. The van der Waals surface area contributed by atoms with E-state index in [4.69, 9.17) is 20.4 Å². The summed E-state index contributed by atoms with van der Waals surface area (Å²) in [7, 11) is 0. The van der Waals surface area contributed by atoms with Gasteiger partial charge < -0.3 is 20.4 Å². The minimum atomic E-state index is -0.444. The fourth-order valence-corrected chi connectivity index (χ4v) is 2.44. The molecule has 1 unspecified atom stereocenters. The number of aromatic nitrogens is 4. The molecular formula is C9H11N5O3S. The number of hydrogen-bond acceptors (Lipinski definition) is 8. The summed E-state index contributed by atoms with van der Waals surface area (Å²) in [6.07, 6.45) is 2.37. The molecule has 96 valence electrons. The number of hydrogen-bond donors (Lipinski definition) is 2. The number of anilines is 1. The molecule has 1 fully saturated rings. The lowest BCUT2D eigenvalue weighted by Crippen LogP contribution is -2.27. The van der Waals surface area contributed by atoms with Crippen molar-refractivity contribution in [1.82, 2.24) is 19.7 Å². The van der Waals surface area contributed by atoms with E-state index in [0.717, 1.165) is 0 Å². The zero-order chi connectivity index (χ0) is 12.5. The van der Waals surface area contributed by atoms with Gasteiger partial charge in [0.25, 0.3) is 0 Å². The maximum Gasteiger partial charge on any atom is 0.235 e. The van der Waals surface area contributed by atoms with Crippen molar-refractivity contribution >= 4 is 28.7 Å². The van der Waals surface area contributed by atoms with Gasteiger partial charge in [0, 0.05) is 0 Å². The highest BCUT2D eigenvalue weighted by molar-refractivity contribution is 8.00. The lowest BCUT2D eigenvalue weighted by Gasteiger charge is -2.13. The summed E-state index contributed by atoms with van der Waals surface area (Å²) in [5.41, 5.74) is 6.40. The van der Waals surface area contributed by atoms with Gasteiger partial charge in [0.05, 0.1) is 12.4 Å². The van der Waals surface area contributed by atoms with Crippen LogP contribution in [0.15, 0.2) is 12.7 Å². The van der Waals surface area contributed by atoms with Crippen molar-refractivity contribution < 1.29 is 14.7 Å². The molecule has 3 N–H and O–H groups in total. The van der Waals surface area contributed by atoms with Crippen molar-refractivity contribution in [3.63, 3.8) is 0 Å². The second kappa shape index (κ2) is 4.59. The van der Waals surface area contributed by atoms with Crippen molar-refractivity contribution in [2.45, 2.75) is 11.7 Å². The first kappa shape index (κ1) is 11.5. The first-order valence-electron chi connectivity index (χ1n) is 5.26. The Balaban J connectivity index is 1.81. The Morgan fingerprint density at radius 3 is 3.22 bits per heavy atom. The van der Waals surface area contributed by atoms with E-state index in [0.29, 0.717) is 22.7 Å². The van der Waals surface area contributed by atoms with E-state index in [9.17, 15) is 0 Å². The lowest BCUT2D eigenvalue weighted by atomic mass is 10.5. The molecule has 0 amide bonds. The van der Waals surface area contributed by atoms with Crippen LogP contribution in [0.5, 0.6) is 0 Å². The highest BCUT2D eigenvalue weighted by Crippen LogP contribution is 2.24. The van der Waals surface area contributed by atoms with Crippen LogP contribution < -0.4 is 10.6 Å². The van der Waals surface area contributed by atoms with E-state index in [1.165, 1.54) is 29.1 Å². The Kier molecular flexibility index (Phi) is 2.94. The quantitative estimate of drug-likeness (QED) is 0.749. The van der Waals surface area contributed by atoms with Gasteiger partial charge in [-0.1, -0.05) is 0 Å². The summed E-state index contributed by atoms with van der Waals surface area (Å²) in [6, 6.07) is 0. The fourth-order valence-electron chi connectivity index (χ4n) is 1.62. The minimum Gasteiger partial charge on any atom is -0.393 e. The Morgan fingerprint density at radius 2 is 2.44 bits per heavy atom. The van der Waals surface area contributed by atoms with E-state index in [2.05, 4.69) is 15.0 Å². The second-order valence-electron chi connectivity index (χ2n) is 3.62. The third-order valence-corrected chi connectivity index (χ3v) is 3.53. The van der Waals surface area contributed by atoms with Crippen LogP contribution in [-0.4, -0.2) is 48.9 Å². The number of nitrogens with two attached hydrogens (primary N) is 1. The molecule has 1 aliphatic heterocycles. The predicted molar refractivity (Wildman–Crippen MR) is 64.5 cm³/mol. The topological polar surface area (TPSA) is 108 Å². The van der Waals surface area contributed by atoms with Gasteiger partial charge in [0.1, 0.15) is 18.1 Å². The van der Waals surface area contributed by atoms with Crippen LogP contribution in [0.25, 0.3) is 11.2 Å². The Morgan fingerprint density at radius 1 is 1.56 bits per heavy atom. The first-order valence-corrected chi connectivity index (χ1v) is 6.31. The molecule has 0 bridgehead atoms. The van der Waals surface area contributed by atoms with Crippen molar-refractivity contribution in [3.8, 4) is 0 Å². The maximum absolute atomic E-state index is 8.96. The van der Waals surface area contributed by atoms with Crippen molar-refractivity contribution in [2.75, 3.05) is 18.1 Å². The number of rotatable bonds is 3. The zero-order valence-electron chi connectivity index (χ0n) is 9.26. The van der Waals surface area contributed by atoms with Crippen molar-refractivity contribution in [3.05, 3.63) is 12.7 Å². The van der Waals surface area contributed by atoms with E-state index in [1.54, 1.807) is 0 Å². The first-order chi connectivity index (χ1) is 8.78. The molecule has 0 spiro atoms. The van der Waals surface area contributed by atoms with Gasteiger partial charge in [-0.3, -0.25) is 0 Å². The normalized spacial score (nSPS) is 23.6. The molecule has 8 nitrogen and oxygen atoms in total. The molecule has 1 saturated heterocycles. The molecular weight excluding hydrogens is 258 g/mol. The molecule has 18 heavy (non-hydrogen) atoms. The number of ether oxygens (including phenoxy) is 1. The van der Waals surface area contributed by atoms with Gasteiger partial charge >= 0.3 is 0 Å². The molecule has 1 aliphatic rings. The smallest absolute Gasteiger partial charge is 0.235 e. The Bertz CT molecular complexity index is 562. The zero-order valence-corrected chi connectivity index (χ0v) is 10.1. The van der Waals surface area contributed by atoms with Crippen LogP contribution in [0.4, 0.5) is 5.82 Å². The standard InChI is InChI=1S/C9H11N5O3S/c10-8-7-9(12-3-11-8)14(4-13-7)17-5-2-18-6(1-15)16-5/h3-6,15H,1-2H2,(H2,10,11,12)/t5-,6?/m0/s1. The molecule has 3 heterocycles. The van der Waals surface area contributed by atoms with Crippen LogP contribution in [-0.2, 0) is 4.74 Å². The summed E-state index contributed by atoms with van der Waals surface area (Å²) in [5.74, 6) is 0.933. The highest BCUT2D eigenvalue weighted by atomic mass is 32.2. The van der Waals surface area contributed by atoms with Crippen LogP contribution >= 0.6 is 11.8 Å². The van der Waals surface area contributed by atoms with Crippen molar-refractivity contribution in [1.29, 1.82) is 0 Å². The number of imidazole rings is 1. The number of nitrogen functional groups attached to an aromatic ring is 1. The average Bonchev–Trinajstić information content (AvgIpc) is 2.98. The molecule has 2 atom stereocenters. The van der Waals surface area contributed by atoms with E-state index >= 15 is 0 Å². The predicted octanol–water partition coefficient (Wildman–Crippen LogP) is -0.755. The van der Waals surface area contributed by atoms with Gasteiger partial charge in [-0.2, -0.15) is 0 Å². The second-order valence-corrected chi connectivity index (χ2v) is 4.81. The molecule has 0 radical (unpaired) electrons.